The third-order valence-corrected chi connectivity index (χ3v) is 10.2. The highest BCUT2D eigenvalue weighted by atomic mass is 32.2. The van der Waals surface area contributed by atoms with Gasteiger partial charge in [0.15, 0.2) is 0 Å². The molecule has 0 radical (unpaired) electrons. The molecule has 0 bridgehead atoms. The van der Waals surface area contributed by atoms with E-state index < -0.39 is 17.0 Å². The van der Waals surface area contributed by atoms with Crippen LogP contribution in [-0.4, -0.2) is 36.3 Å². The van der Waals surface area contributed by atoms with Crippen LogP contribution in [0.2, 0.25) is 0 Å². The van der Waals surface area contributed by atoms with Gasteiger partial charge in [0.25, 0.3) is 5.91 Å². The summed E-state index contributed by atoms with van der Waals surface area (Å²) in [5.41, 5.74) is 4.21. The Morgan fingerprint density at radius 3 is 2.36 bits per heavy atom. The van der Waals surface area contributed by atoms with E-state index in [2.05, 4.69) is 27.7 Å². The Hall–Kier alpha value is -4.77. The lowest BCUT2D eigenvalue weighted by atomic mass is 10.0. The van der Waals surface area contributed by atoms with Crippen molar-refractivity contribution in [2.24, 2.45) is 0 Å². The monoisotopic (exact) mass is 665 g/mol. The average molecular weight is 666 g/mol. The molecule has 7 nitrogen and oxygen atoms in total. The molecule has 5 aromatic rings. The smallest absolute Gasteiger partial charge is 0.341 e. The van der Waals surface area contributed by atoms with Crippen molar-refractivity contribution in [3.8, 4) is 0 Å². The van der Waals surface area contributed by atoms with Gasteiger partial charge in [-0.3, -0.25) is 14.5 Å². The van der Waals surface area contributed by atoms with Crippen LogP contribution in [0, 0.1) is 5.82 Å². The number of fused-ring (bicyclic) bond motifs is 1. The van der Waals surface area contributed by atoms with Crippen molar-refractivity contribution in [1.82, 2.24) is 4.90 Å². The number of ether oxygens (including phenoxy) is 1. The van der Waals surface area contributed by atoms with Gasteiger partial charge < -0.3 is 15.4 Å². The maximum Gasteiger partial charge on any atom is 0.341 e. The van der Waals surface area contributed by atoms with E-state index in [0.29, 0.717) is 34.8 Å². The lowest BCUT2D eigenvalue weighted by Gasteiger charge is -2.27. The van der Waals surface area contributed by atoms with Gasteiger partial charge in [-0.1, -0.05) is 66.7 Å². The minimum absolute atomic E-state index is 0.285. The molecule has 2 amide bonds. The highest BCUT2D eigenvalue weighted by molar-refractivity contribution is 8.00. The fourth-order valence-corrected chi connectivity index (χ4v) is 7.87. The van der Waals surface area contributed by atoms with E-state index in [4.69, 9.17) is 4.74 Å². The molecule has 1 unspecified atom stereocenters. The first kappa shape index (κ1) is 32.2. The number of carbonyl (C=O) groups is 3. The molecule has 0 saturated heterocycles. The number of amides is 2. The Kier molecular flexibility index (Phi) is 10.1. The maximum atomic E-state index is 14.1. The van der Waals surface area contributed by atoms with Crippen molar-refractivity contribution in [3.63, 3.8) is 0 Å². The van der Waals surface area contributed by atoms with Crippen molar-refractivity contribution in [2.45, 2.75) is 29.7 Å². The molecule has 0 saturated carbocycles. The van der Waals surface area contributed by atoms with Crippen molar-refractivity contribution in [2.75, 3.05) is 24.3 Å². The van der Waals surface area contributed by atoms with Crippen LogP contribution in [0.25, 0.3) is 0 Å². The maximum absolute atomic E-state index is 14.1. The third kappa shape index (κ3) is 7.79. The first-order valence-electron chi connectivity index (χ1n) is 15.1. The Balaban J connectivity index is 1.23. The first-order valence-corrected chi connectivity index (χ1v) is 16.8. The number of hydrogen-bond donors (Lipinski definition) is 2. The fraction of sp³-hybridized carbons (Fsp3) is 0.162. The molecule has 0 fully saturated rings. The molecule has 2 heterocycles. The SMILES string of the molecule is COC(=O)c1c(NC(=O)C(Sc2cccc(NC(=O)c3ccc(F)cc3)c2)c2ccccc2)sc2c1CCN(Cc1ccccc1)C2. The molecule has 238 valence electrons. The van der Waals surface area contributed by atoms with Crippen molar-refractivity contribution in [3.05, 3.63) is 148 Å². The summed E-state index contributed by atoms with van der Waals surface area (Å²) in [7, 11) is 1.35. The number of methoxy groups -OCH3 is 1. The van der Waals surface area contributed by atoms with Crippen LogP contribution in [0.3, 0.4) is 0 Å². The number of thioether (sulfide) groups is 1. The van der Waals surface area contributed by atoms with E-state index in [-0.39, 0.29) is 11.8 Å². The minimum Gasteiger partial charge on any atom is -0.465 e. The second-order valence-electron chi connectivity index (χ2n) is 11.0. The zero-order valence-corrected chi connectivity index (χ0v) is 27.2. The number of benzene rings is 4. The number of nitrogens with zero attached hydrogens (tertiary/aromatic N) is 1. The summed E-state index contributed by atoms with van der Waals surface area (Å²) in [6.07, 6.45) is 0.673. The van der Waals surface area contributed by atoms with Crippen LogP contribution in [0.1, 0.15) is 47.5 Å². The van der Waals surface area contributed by atoms with Crippen LogP contribution in [0.15, 0.2) is 114 Å². The van der Waals surface area contributed by atoms with Gasteiger partial charge in [-0.25, -0.2) is 9.18 Å². The summed E-state index contributed by atoms with van der Waals surface area (Å²) in [4.78, 5) is 44.0. The van der Waals surface area contributed by atoms with E-state index >= 15 is 0 Å². The van der Waals surface area contributed by atoms with Crippen LogP contribution in [0.4, 0.5) is 15.1 Å². The molecule has 2 N–H and O–H groups in total. The Morgan fingerprint density at radius 2 is 1.64 bits per heavy atom. The molecule has 47 heavy (non-hydrogen) atoms. The molecule has 6 rings (SSSR count). The Bertz CT molecular complexity index is 1880. The average Bonchev–Trinajstić information content (AvgIpc) is 3.45. The second kappa shape index (κ2) is 14.8. The van der Waals surface area contributed by atoms with E-state index in [0.717, 1.165) is 34.0 Å². The Labute approximate surface area is 280 Å². The molecule has 1 aliphatic rings. The topological polar surface area (TPSA) is 87.7 Å². The highest BCUT2D eigenvalue weighted by Crippen LogP contribution is 2.41. The van der Waals surface area contributed by atoms with Gasteiger partial charge in [-0.15, -0.1) is 23.1 Å². The molecule has 1 aliphatic heterocycles. The summed E-state index contributed by atoms with van der Waals surface area (Å²) in [6.45, 7) is 2.25. The molecular weight excluding hydrogens is 634 g/mol. The van der Waals surface area contributed by atoms with E-state index in [1.807, 2.05) is 54.6 Å². The van der Waals surface area contributed by atoms with Crippen molar-refractivity contribution < 1.29 is 23.5 Å². The predicted molar refractivity (Wildman–Crippen MR) is 184 cm³/mol. The van der Waals surface area contributed by atoms with E-state index in [1.165, 1.54) is 60.0 Å². The molecule has 4 aromatic carbocycles. The van der Waals surface area contributed by atoms with Crippen LogP contribution in [0.5, 0.6) is 0 Å². The highest BCUT2D eigenvalue weighted by Gasteiger charge is 2.31. The van der Waals surface area contributed by atoms with Crippen molar-refractivity contribution in [1.29, 1.82) is 0 Å². The van der Waals surface area contributed by atoms with Crippen LogP contribution < -0.4 is 10.6 Å². The van der Waals surface area contributed by atoms with Gasteiger partial charge >= 0.3 is 5.97 Å². The van der Waals surface area contributed by atoms with Crippen LogP contribution >= 0.6 is 23.1 Å². The van der Waals surface area contributed by atoms with Gasteiger partial charge in [0.2, 0.25) is 5.91 Å². The molecular formula is C37H32FN3O4S2. The molecule has 0 aliphatic carbocycles. The Morgan fingerprint density at radius 1 is 0.915 bits per heavy atom. The normalized spacial score (nSPS) is 13.3. The summed E-state index contributed by atoms with van der Waals surface area (Å²) < 4.78 is 18.5. The largest absolute Gasteiger partial charge is 0.465 e. The first-order chi connectivity index (χ1) is 22.9. The van der Waals surface area contributed by atoms with Gasteiger partial charge in [-0.05, 0) is 65.6 Å². The van der Waals surface area contributed by atoms with Gasteiger partial charge in [0.1, 0.15) is 16.1 Å². The van der Waals surface area contributed by atoms with Crippen molar-refractivity contribution >= 4 is 51.6 Å². The summed E-state index contributed by atoms with van der Waals surface area (Å²) in [5.74, 6) is -1.55. The molecule has 10 heteroatoms. The number of rotatable bonds is 10. The summed E-state index contributed by atoms with van der Waals surface area (Å²) >= 11 is 2.75. The number of hydrogen-bond acceptors (Lipinski definition) is 7. The molecule has 0 spiro atoms. The standard InChI is InChI=1S/C37H32FN3O4S2/c1-45-37(44)32-30-19-20-41(22-24-9-4-2-5-10-24)23-31(30)47-36(32)40-35(43)33(25-11-6-3-7-12-25)46-29-14-8-13-28(21-29)39-34(42)26-15-17-27(38)18-16-26/h2-18,21,33H,19-20,22-23H2,1H3,(H,39,42)(H,40,43). The van der Waals surface area contributed by atoms with Crippen LogP contribution in [-0.2, 0) is 29.0 Å². The lowest BCUT2D eigenvalue weighted by Crippen LogP contribution is -2.29. The number of halogens is 1. The minimum atomic E-state index is -0.668. The lowest BCUT2D eigenvalue weighted by molar-refractivity contribution is -0.115. The number of carbonyl (C=O) groups excluding carboxylic acids is 3. The number of thiophene rings is 1. The molecule has 1 aromatic heterocycles. The number of esters is 1. The molecule has 1 atom stereocenters. The van der Waals surface area contributed by atoms with E-state index in [1.54, 1.807) is 18.2 Å². The summed E-state index contributed by atoms with van der Waals surface area (Å²) in [6, 6.07) is 32.2. The zero-order chi connectivity index (χ0) is 32.8. The van der Waals surface area contributed by atoms with Gasteiger partial charge in [-0.2, -0.15) is 0 Å². The van der Waals surface area contributed by atoms with Gasteiger partial charge in [0.05, 0.1) is 12.7 Å². The number of nitrogens with one attached hydrogen (secondary N) is 2. The quantitative estimate of drug-likeness (QED) is 0.116. The fourth-order valence-electron chi connectivity index (χ4n) is 5.51. The van der Waals surface area contributed by atoms with E-state index in [9.17, 15) is 18.8 Å². The zero-order valence-electron chi connectivity index (χ0n) is 25.6. The predicted octanol–water partition coefficient (Wildman–Crippen LogP) is 7.96. The second-order valence-corrected chi connectivity index (χ2v) is 13.3. The van der Waals surface area contributed by atoms with Gasteiger partial charge in [0, 0.05) is 40.7 Å². The third-order valence-electron chi connectivity index (χ3n) is 7.80. The number of anilines is 2. The summed E-state index contributed by atoms with van der Waals surface area (Å²) in [5, 5.41) is 5.74.